The van der Waals surface area contributed by atoms with E-state index in [0.717, 1.165) is 17.8 Å². The third-order valence-electron chi connectivity index (χ3n) is 3.49. The normalized spacial score (nSPS) is 10.9. The fourth-order valence-electron chi connectivity index (χ4n) is 2.21. The molecule has 0 atom stereocenters. The van der Waals surface area contributed by atoms with Gasteiger partial charge in [-0.05, 0) is 51.0 Å². The zero-order chi connectivity index (χ0) is 16.5. The van der Waals surface area contributed by atoms with Crippen LogP contribution in [0.5, 0.6) is 5.88 Å². The topological polar surface area (TPSA) is 42.4 Å². The number of carbonyl (C=O) groups excluding carboxylic acids is 1. The lowest BCUT2D eigenvalue weighted by molar-refractivity contribution is 0.104. The van der Waals surface area contributed by atoms with Crippen molar-refractivity contribution in [3.05, 3.63) is 46.3 Å². The van der Waals surface area contributed by atoms with Gasteiger partial charge in [0.25, 0.3) is 0 Å². The van der Waals surface area contributed by atoms with Crippen LogP contribution in [-0.2, 0) is 0 Å². The number of unbranched alkanes of at least 4 members (excludes halogenated alkanes) is 3. The summed E-state index contributed by atoms with van der Waals surface area (Å²) in [5, 5.41) is 1.90. The molecule has 0 saturated heterocycles. The predicted octanol–water partition coefficient (Wildman–Crippen LogP) is 3.87. The zero-order valence-electron chi connectivity index (χ0n) is 13.8. The Kier molecular flexibility index (Phi) is 7.23. The Hall–Kier alpha value is -1.72. The molecule has 2 aromatic heterocycles. The number of thiophene rings is 1. The van der Waals surface area contributed by atoms with Crippen molar-refractivity contribution in [2.75, 3.05) is 27.2 Å². The SMILES string of the molecule is CN(C)CCCCCCOc1ccc(C(=O)c2cccs2)cn1. The average molecular weight is 332 g/mol. The quantitative estimate of drug-likeness (QED) is 0.489. The van der Waals surface area contributed by atoms with Crippen LogP contribution < -0.4 is 4.74 Å². The first-order chi connectivity index (χ1) is 11.2. The first kappa shape index (κ1) is 17.6. The van der Waals surface area contributed by atoms with Gasteiger partial charge < -0.3 is 9.64 Å². The number of ketones is 1. The number of rotatable bonds is 10. The van der Waals surface area contributed by atoms with E-state index in [4.69, 9.17) is 4.74 Å². The zero-order valence-corrected chi connectivity index (χ0v) is 14.6. The highest BCUT2D eigenvalue weighted by molar-refractivity contribution is 7.12. The summed E-state index contributed by atoms with van der Waals surface area (Å²) in [5.41, 5.74) is 0.600. The smallest absolute Gasteiger partial charge is 0.213 e. The minimum absolute atomic E-state index is 0.0138. The van der Waals surface area contributed by atoms with Gasteiger partial charge in [0.2, 0.25) is 11.7 Å². The van der Waals surface area contributed by atoms with Crippen molar-refractivity contribution in [3.8, 4) is 5.88 Å². The van der Waals surface area contributed by atoms with Crippen LogP contribution in [0, 0.1) is 0 Å². The van der Waals surface area contributed by atoms with E-state index in [1.165, 1.54) is 30.6 Å². The summed E-state index contributed by atoms with van der Waals surface area (Å²) >= 11 is 1.44. The fourth-order valence-corrected chi connectivity index (χ4v) is 2.90. The van der Waals surface area contributed by atoms with E-state index in [1.807, 2.05) is 17.5 Å². The number of aromatic nitrogens is 1. The molecule has 0 unspecified atom stereocenters. The molecule has 0 radical (unpaired) electrons. The molecular weight excluding hydrogens is 308 g/mol. The number of hydrogen-bond donors (Lipinski definition) is 0. The van der Waals surface area contributed by atoms with Gasteiger partial charge >= 0.3 is 0 Å². The molecule has 0 aromatic carbocycles. The Morgan fingerprint density at radius 3 is 2.65 bits per heavy atom. The van der Waals surface area contributed by atoms with E-state index in [2.05, 4.69) is 24.0 Å². The van der Waals surface area contributed by atoms with Crippen molar-refractivity contribution in [3.63, 3.8) is 0 Å². The van der Waals surface area contributed by atoms with Crippen molar-refractivity contribution in [2.24, 2.45) is 0 Å². The highest BCUT2D eigenvalue weighted by Crippen LogP contribution is 2.16. The Balaban J connectivity index is 1.68. The third kappa shape index (κ3) is 6.12. The number of carbonyl (C=O) groups is 1. The second-order valence-electron chi connectivity index (χ2n) is 5.76. The van der Waals surface area contributed by atoms with Crippen LogP contribution in [-0.4, -0.2) is 42.9 Å². The highest BCUT2D eigenvalue weighted by Gasteiger charge is 2.10. The van der Waals surface area contributed by atoms with Crippen LogP contribution in [0.2, 0.25) is 0 Å². The maximum atomic E-state index is 12.2. The van der Waals surface area contributed by atoms with Crippen molar-refractivity contribution in [1.29, 1.82) is 0 Å². The molecule has 4 nitrogen and oxygen atoms in total. The highest BCUT2D eigenvalue weighted by atomic mass is 32.1. The monoisotopic (exact) mass is 332 g/mol. The lowest BCUT2D eigenvalue weighted by Crippen LogP contribution is -2.12. The second kappa shape index (κ2) is 9.43. The summed E-state index contributed by atoms with van der Waals surface area (Å²) in [5.74, 6) is 0.598. The van der Waals surface area contributed by atoms with Crippen LogP contribution >= 0.6 is 11.3 Å². The van der Waals surface area contributed by atoms with Crippen LogP contribution in [0.15, 0.2) is 35.8 Å². The maximum Gasteiger partial charge on any atom is 0.213 e. The molecule has 0 aliphatic rings. The largest absolute Gasteiger partial charge is 0.478 e. The molecule has 2 heterocycles. The minimum atomic E-state index is 0.0138. The van der Waals surface area contributed by atoms with Gasteiger partial charge in [0.1, 0.15) is 0 Å². The van der Waals surface area contributed by atoms with Gasteiger partial charge in [0.15, 0.2) is 0 Å². The van der Waals surface area contributed by atoms with Gasteiger partial charge in [0, 0.05) is 17.8 Å². The molecule has 124 valence electrons. The summed E-state index contributed by atoms with van der Waals surface area (Å²) in [6, 6.07) is 7.25. The van der Waals surface area contributed by atoms with Gasteiger partial charge in [-0.3, -0.25) is 4.79 Å². The second-order valence-corrected chi connectivity index (χ2v) is 6.71. The van der Waals surface area contributed by atoms with Gasteiger partial charge in [-0.1, -0.05) is 18.9 Å². The molecule has 0 N–H and O–H groups in total. The minimum Gasteiger partial charge on any atom is -0.478 e. The van der Waals surface area contributed by atoms with Crippen LogP contribution in [0.4, 0.5) is 0 Å². The summed E-state index contributed by atoms with van der Waals surface area (Å²) < 4.78 is 5.63. The molecule has 5 heteroatoms. The van der Waals surface area contributed by atoms with E-state index in [9.17, 15) is 4.79 Å². The Morgan fingerprint density at radius 1 is 1.17 bits per heavy atom. The molecule has 2 rings (SSSR count). The van der Waals surface area contributed by atoms with Crippen molar-refractivity contribution in [1.82, 2.24) is 9.88 Å². The standard InChI is InChI=1S/C18H24N2O2S/c1-20(2)11-5-3-4-6-12-22-17-10-9-15(14-19-17)18(21)16-8-7-13-23-16/h7-10,13-14H,3-6,11-12H2,1-2H3. The first-order valence-electron chi connectivity index (χ1n) is 7.98. The van der Waals surface area contributed by atoms with E-state index >= 15 is 0 Å². The summed E-state index contributed by atoms with van der Waals surface area (Å²) in [6.07, 6.45) is 6.25. The predicted molar refractivity (Wildman–Crippen MR) is 94.5 cm³/mol. The van der Waals surface area contributed by atoms with E-state index in [0.29, 0.717) is 18.1 Å². The lowest BCUT2D eigenvalue weighted by Gasteiger charge is -2.09. The third-order valence-corrected chi connectivity index (χ3v) is 4.36. The van der Waals surface area contributed by atoms with E-state index < -0.39 is 0 Å². The Labute approximate surface area is 142 Å². The Bertz CT molecular complexity index is 580. The summed E-state index contributed by atoms with van der Waals surface area (Å²) in [7, 11) is 4.20. The van der Waals surface area contributed by atoms with Crippen LogP contribution in [0.25, 0.3) is 0 Å². The van der Waals surface area contributed by atoms with Crippen molar-refractivity contribution < 1.29 is 9.53 Å². The maximum absolute atomic E-state index is 12.2. The molecule has 0 amide bonds. The lowest BCUT2D eigenvalue weighted by atomic mass is 10.1. The molecule has 0 spiro atoms. The van der Waals surface area contributed by atoms with E-state index in [-0.39, 0.29) is 5.78 Å². The number of nitrogens with zero attached hydrogens (tertiary/aromatic N) is 2. The summed E-state index contributed by atoms with van der Waals surface area (Å²) in [6.45, 7) is 1.81. The molecule has 0 fully saturated rings. The molecule has 0 aliphatic carbocycles. The molecule has 0 aliphatic heterocycles. The fraction of sp³-hybridized carbons (Fsp3) is 0.444. The van der Waals surface area contributed by atoms with Crippen LogP contribution in [0.1, 0.15) is 40.9 Å². The molecular formula is C18H24N2O2S. The number of hydrogen-bond acceptors (Lipinski definition) is 5. The molecule has 0 saturated carbocycles. The molecule has 0 bridgehead atoms. The van der Waals surface area contributed by atoms with Gasteiger partial charge in [-0.25, -0.2) is 4.98 Å². The first-order valence-corrected chi connectivity index (χ1v) is 8.86. The summed E-state index contributed by atoms with van der Waals surface area (Å²) in [4.78, 5) is 19.3. The number of pyridine rings is 1. The number of ether oxygens (including phenoxy) is 1. The van der Waals surface area contributed by atoms with Gasteiger partial charge in [0.05, 0.1) is 11.5 Å². The van der Waals surface area contributed by atoms with Crippen molar-refractivity contribution in [2.45, 2.75) is 25.7 Å². The van der Waals surface area contributed by atoms with Crippen LogP contribution in [0.3, 0.4) is 0 Å². The van der Waals surface area contributed by atoms with Gasteiger partial charge in [-0.2, -0.15) is 0 Å². The van der Waals surface area contributed by atoms with Crippen molar-refractivity contribution >= 4 is 17.1 Å². The van der Waals surface area contributed by atoms with Gasteiger partial charge in [-0.15, -0.1) is 11.3 Å². The average Bonchev–Trinajstić information content (AvgIpc) is 3.08. The Morgan fingerprint density at radius 2 is 2.00 bits per heavy atom. The van der Waals surface area contributed by atoms with E-state index in [1.54, 1.807) is 18.3 Å². The molecule has 2 aromatic rings. The molecule has 23 heavy (non-hydrogen) atoms.